The zero-order valence-corrected chi connectivity index (χ0v) is 16.4. The van der Waals surface area contributed by atoms with Crippen LogP contribution in [0.1, 0.15) is 31.5 Å². The maximum Gasteiger partial charge on any atom is 0.188 e. The van der Waals surface area contributed by atoms with Gasteiger partial charge in [-0.1, -0.05) is 5.21 Å². The molecular formula is C20H26N8O. The number of ether oxygens (including phenoxy) is 1. The largest absolute Gasteiger partial charge is 0.378 e. The summed E-state index contributed by atoms with van der Waals surface area (Å²) >= 11 is 0. The van der Waals surface area contributed by atoms with Crippen LogP contribution in [0.15, 0.2) is 24.5 Å². The number of nitrogens with zero attached hydrogens (tertiary/aromatic N) is 7. The van der Waals surface area contributed by atoms with Crippen LogP contribution in [0, 0.1) is 5.92 Å². The fourth-order valence-electron chi connectivity index (χ4n) is 4.18. The zero-order valence-electron chi connectivity index (χ0n) is 16.4. The highest BCUT2D eigenvalue weighted by Gasteiger charge is 2.21. The summed E-state index contributed by atoms with van der Waals surface area (Å²) in [7, 11) is 0. The molecule has 4 heterocycles. The highest BCUT2D eigenvalue weighted by atomic mass is 16.5. The minimum absolute atomic E-state index is 0.354. The Kier molecular flexibility index (Phi) is 5.07. The predicted molar refractivity (Wildman–Crippen MR) is 109 cm³/mol. The Hall–Kier alpha value is -2.65. The lowest BCUT2D eigenvalue weighted by Crippen LogP contribution is -2.36. The minimum Gasteiger partial charge on any atom is -0.378 e. The van der Waals surface area contributed by atoms with Gasteiger partial charge in [-0.05, 0) is 43.7 Å². The van der Waals surface area contributed by atoms with Crippen LogP contribution < -0.4 is 10.6 Å². The Labute approximate surface area is 169 Å². The van der Waals surface area contributed by atoms with E-state index < -0.39 is 0 Å². The quantitative estimate of drug-likeness (QED) is 0.709. The second-order valence-corrected chi connectivity index (χ2v) is 7.96. The number of rotatable bonds is 4. The van der Waals surface area contributed by atoms with E-state index >= 15 is 0 Å². The molecule has 3 aromatic heterocycles. The average Bonchev–Trinajstić information content (AvgIpc) is 3.19. The monoisotopic (exact) mass is 394 g/mol. The molecule has 1 saturated heterocycles. The number of pyridine rings is 1. The third kappa shape index (κ3) is 3.92. The summed E-state index contributed by atoms with van der Waals surface area (Å²) in [6, 6.07) is 4.38. The van der Waals surface area contributed by atoms with Crippen molar-refractivity contribution in [1.82, 2.24) is 29.9 Å². The normalized spacial score (nSPS) is 22.9. The fourth-order valence-corrected chi connectivity index (χ4v) is 4.18. The molecule has 0 radical (unpaired) electrons. The van der Waals surface area contributed by atoms with E-state index in [-0.39, 0.29) is 0 Å². The van der Waals surface area contributed by atoms with E-state index in [0.29, 0.717) is 28.9 Å². The van der Waals surface area contributed by atoms with Crippen molar-refractivity contribution in [1.29, 1.82) is 0 Å². The summed E-state index contributed by atoms with van der Waals surface area (Å²) in [6.45, 7) is 3.27. The van der Waals surface area contributed by atoms with Crippen LogP contribution >= 0.6 is 0 Å². The van der Waals surface area contributed by atoms with E-state index in [1.54, 1.807) is 10.9 Å². The van der Waals surface area contributed by atoms with Crippen LogP contribution in [-0.2, 0) is 11.2 Å². The molecule has 2 N–H and O–H groups in total. The van der Waals surface area contributed by atoms with Gasteiger partial charge in [0.2, 0.25) is 0 Å². The van der Waals surface area contributed by atoms with Gasteiger partial charge >= 0.3 is 0 Å². The zero-order chi connectivity index (χ0) is 19.6. The van der Waals surface area contributed by atoms with Gasteiger partial charge in [-0.15, -0.1) is 5.10 Å². The molecule has 0 bridgehead atoms. The molecule has 1 aliphatic heterocycles. The van der Waals surface area contributed by atoms with Gasteiger partial charge in [0.05, 0.1) is 31.3 Å². The van der Waals surface area contributed by atoms with Gasteiger partial charge < -0.3 is 15.4 Å². The SMILES string of the molecule is NC1CCC(Cc2ncc3nnn(-c4ccc(N5CCOCC5)cn4)c3n2)CC1. The molecule has 9 nitrogen and oxygen atoms in total. The first kappa shape index (κ1) is 18.4. The van der Waals surface area contributed by atoms with Crippen LogP contribution in [0.5, 0.6) is 0 Å². The lowest BCUT2D eigenvalue weighted by atomic mass is 9.84. The lowest BCUT2D eigenvalue weighted by Gasteiger charge is -2.28. The Bertz CT molecular complexity index is 958. The van der Waals surface area contributed by atoms with Crippen LogP contribution in [0.4, 0.5) is 5.69 Å². The van der Waals surface area contributed by atoms with Crippen molar-refractivity contribution in [3.05, 3.63) is 30.4 Å². The first-order chi connectivity index (χ1) is 14.3. The van der Waals surface area contributed by atoms with Crippen molar-refractivity contribution in [2.45, 2.75) is 38.1 Å². The molecular weight excluding hydrogens is 368 g/mol. The minimum atomic E-state index is 0.354. The predicted octanol–water partition coefficient (Wildman–Crippen LogP) is 1.50. The summed E-state index contributed by atoms with van der Waals surface area (Å²) in [5.74, 6) is 2.15. The number of aromatic nitrogens is 6. The lowest BCUT2D eigenvalue weighted by molar-refractivity contribution is 0.122. The molecule has 0 atom stereocenters. The van der Waals surface area contributed by atoms with E-state index in [1.165, 1.54) is 0 Å². The third-order valence-corrected chi connectivity index (χ3v) is 5.93. The van der Waals surface area contributed by atoms with Crippen molar-refractivity contribution in [2.75, 3.05) is 31.2 Å². The topological polar surface area (TPSA) is 108 Å². The third-order valence-electron chi connectivity index (χ3n) is 5.93. The molecule has 152 valence electrons. The van der Waals surface area contributed by atoms with Crippen molar-refractivity contribution in [2.24, 2.45) is 11.7 Å². The van der Waals surface area contributed by atoms with Gasteiger partial charge in [0.25, 0.3) is 0 Å². The molecule has 0 spiro atoms. The highest BCUT2D eigenvalue weighted by molar-refractivity contribution is 5.70. The molecule has 9 heteroatoms. The molecule has 1 aliphatic carbocycles. The Morgan fingerprint density at radius 1 is 1.03 bits per heavy atom. The van der Waals surface area contributed by atoms with Gasteiger partial charge in [0.15, 0.2) is 17.0 Å². The van der Waals surface area contributed by atoms with Crippen molar-refractivity contribution < 1.29 is 4.74 Å². The molecule has 2 aliphatic rings. The molecule has 0 amide bonds. The standard InChI is InChI=1S/C20H26N8O/c21-15-3-1-14(2-4-15)11-18-22-13-17-20(24-18)28(26-25-17)19-6-5-16(12-23-19)27-7-9-29-10-8-27/h5-6,12-15H,1-4,7-11,21H2. The average molecular weight is 394 g/mol. The number of morpholine rings is 1. The molecule has 29 heavy (non-hydrogen) atoms. The maximum absolute atomic E-state index is 6.03. The van der Waals surface area contributed by atoms with Crippen molar-refractivity contribution in [3.63, 3.8) is 0 Å². The van der Waals surface area contributed by atoms with Crippen LogP contribution in [0.2, 0.25) is 0 Å². The maximum atomic E-state index is 6.03. The summed E-state index contributed by atoms with van der Waals surface area (Å²) in [5, 5.41) is 8.47. The van der Waals surface area contributed by atoms with E-state index in [9.17, 15) is 0 Å². The van der Waals surface area contributed by atoms with Crippen molar-refractivity contribution in [3.8, 4) is 5.82 Å². The summed E-state index contributed by atoms with van der Waals surface area (Å²) in [6.07, 6.45) is 8.98. The van der Waals surface area contributed by atoms with E-state index in [2.05, 4.69) is 31.2 Å². The first-order valence-electron chi connectivity index (χ1n) is 10.4. The number of nitrogens with two attached hydrogens (primary N) is 1. The van der Waals surface area contributed by atoms with E-state index in [0.717, 1.165) is 69.9 Å². The Balaban J connectivity index is 1.37. The summed E-state index contributed by atoms with van der Waals surface area (Å²) in [5.41, 5.74) is 8.50. The molecule has 0 unspecified atom stereocenters. The molecule has 2 fully saturated rings. The van der Waals surface area contributed by atoms with Crippen molar-refractivity contribution >= 4 is 16.9 Å². The second kappa shape index (κ2) is 8.00. The number of hydrogen-bond donors (Lipinski definition) is 1. The van der Waals surface area contributed by atoms with Crippen LogP contribution in [-0.4, -0.2) is 62.3 Å². The fraction of sp³-hybridized carbons (Fsp3) is 0.550. The second-order valence-electron chi connectivity index (χ2n) is 7.96. The molecule has 1 saturated carbocycles. The summed E-state index contributed by atoms with van der Waals surface area (Å²) in [4.78, 5) is 16.1. The Morgan fingerprint density at radius 3 is 2.62 bits per heavy atom. The number of anilines is 1. The van der Waals surface area contributed by atoms with E-state index in [4.69, 9.17) is 15.5 Å². The molecule has 3 aromatic rings. The number of fused-ring (bicyclic) bond motifs is 1. The summed E-state index contributed by atoms with van der Waals surface area (Å²) < 4.78 is 7.11. The van der Waals surface area contributed by atoms with Gasteiger partial charge in [-0.3, -0.25) is 0 Å². The Morgan fingerprint density at radius 2 is 1.86 bits per heavy atom. The van der Waals surface area contributed by atoms with Crippen LogP contribution in [0.25, 0.3) is 17.0 Å². The molecule has 0 aromatic carbocycles. The highest BCUT2D eigenvalue weighted by Crippen LogP contribution is 2.26. The number of hydrogen-bond acceptors (Lipinski definition) is 8. The first-order valence-corrected chi connectivity index (χ1v) is 10.4. The van der Waals surface area contributed by atoms with E-state index in [1.807, 2.05) is 12.3 Å². The smallest absolute Gasteiger partial charge is 0.188 e. The molecule has 5 rings (SSSR count). The van der Waals surface area contributed by atoms with Gasteiger partial charge in [-0.25, -0.2) is 15.0 Å². The van der Waals surface area contributed by atoms with Gasteiger partial charge in [0.1, 0.15) is 5.82 Å². The van der Waals surface area contributed by atoms with Gasteiger partial charge in [0, 0.05) is 25.6 Å². The van der Waals surface area contributed by atoms with Crippen LogP contribution in [0.3, 0.4) is 0 Å². The van der Waals surface area contributed by atoms with Gasteiger partial charge in [-0.2, -0.15) is 4.68 Å².